The maximum Gasteiger partial charge on any atom is 0.326 e. The number of hydrogen-bond acceptors (Lipinski definition) is 6. The third-order valence-electron chi connectivity index (χ3n) is 10.9. The van der Waals surface area contributed by atoms with Crippen molar-refractivity contribution in [2.75, 3.05) is 13.1 Å². The molecule has 2 heterocycles. The van der Waals surface area contributed by atoms with E-state index in [2.05, 4.69) is 52.0 Å². The van der Waals surface area contributed by atoms with Gasteiger partial charge in [0, 0.05) is 35.4 Å². The number of likely N-dealkylation sites (tertiary alicyclic amines) is 2. The van der Waals surface area contributed by atoms with E-state index >= 15 is 0 Å². The van der Waals surface area contributed by atoms with E-state index in [-0.39, 0.29) is 46.0 Å². The maximum absolute atomic E-state index is 14.1. The zero-order chi connectivity index (χ0) is 36.2. The Labute approximate surface area is 306 Å². The van der Waals surface area contributed by atoms with Crippen molar-refractivity contribution in [3.05, 3.63) is 71.8 Å². The summed E-state index contributed by atoms with van der Waals surface area (Å²) in [6, 6.07) is 19.1. The normalized spacial score (nSPS) is 21.3. The Morgan fingerprint density at radius 2 is 1.02 bits per heavy atom. The fourth-order valence-corrected chi connectivity index (χ4v) is 10.7. The number of rotatable bonds is 19. The molecule has 2 aliphatic heterocycles. The van der Waals surface area contributed by atoms with E-state index in [1.165, 1.54) is 11.1 Å². The number of carbonyl (C=O) groups is 4. The average molecular weight is 725 g/mol. The van der Waals surface area contributed by atoms with Crippen LogP contribution in [0, 0.1) is 23.7 Å². The molecule has 274 valence electrons. The molecule has 2 aromatic rings. The van der Waals surface area contributed by atoms with E-state index in [0.717, 1.165) is 25.7 Å². The summed E-state index contributed by atoms with van der Waals surface area (Å²) in [6.07, 6.45) is 6.82. The minimum absolute atomic E-state index is 0.0465. The van der Waals surface area contributed by atoms with E-state index in [0.29, 0.717) is 51.6 Å². The molecule has 6 unspecified atom stereocenters. The highest BCUT2D eigenvalue weighted by atomic mass is 33.1. The number of nitrogens with zero attached hydrogens (tertiary/aromatic N) is 2. The van der Waals surface area contributed by atoms with E-state index in [1.807, 2.05) is 36.4 Å². The highest BCUT2D eigenvalue weighted by molar-refractivity contribution is 8.77. The van der Waals surface area contributed by atoms with E-state index < -0.39 is 24.0 Å². The van der Waals surface area contributed by atoms with Crippen LogP contribution < -0.4 is 0 Å². The van der Waals surface area contributed by atoms with Crippen LogP contribution in [0.15, 0.2) is 60.7 Å². The molecule has 0 saturated carbocycles. The number of amides is 2. The second-order valence-electron chi connectivity index (χ2n) is 14.3. The van der Waals surface area contributed by atoms with Gasteiger partial charge in [-0.25, -0.2) is 9.59 Å². The molecule has 2 fully saturated rings. The quantitative estimate of drug-likeness (QED) is 0.141. The minimum atomic E-state index is -0.928. The fourth-order valence-electron chi connectivity index (χ4n) is 7.51. The van der Waals surface area contributed by atoms with Crippen LogP contribution in [-0.4, -0.2) is 79.4 Å². The monoisotopic (exact) mass is 724 g/mol. The second-order valence-corrected chi connectivity index (χ2v) is 17.2. The second kappa shape index (κ2) is 19.6. The van der Waals surface area contributed by atoms with Crippen LogP contribution in [0.2, 0.25) is 0 Å². The Balaban J connectivity index is 1.61. The third kappa shape index (κ3) is 10.8. The molecular weight excluding hydrogens is 669 g/mol. The van der Waals surface area contributed by atoms with Gasteiger partial charge >= 0.3 is 11.9 Å². The van der Waals surface area contributed by atoms with Crippen LogP contribution in [0.5, 0.6) is 0 Å². The number of hydrogen-bond donors (Lipinski definition) is 2. The Kier molecular flexibility index (Phi) is 15.6. The largest absolute Gasteiger partial charge is 0.480 e. The zero-order valence-electron chi connectivity index (χ0n) is 30.1. The van der Waals surface area contributed by atoms with Gasteiger partial charge in [-0.15, -0.1) is 0 Å². The van der Waals surface area contributed by atoms with E-state index in [9.17, 15) is 29.4 Å². The van der Waals surface area contributed by atoms with Gasteiger partial charge in [0.2, 0.25) is 11.8 Å². The molecular formula is C40H56N2O6S2. The van der Waals surface area contributed by atoms with Crippen molar-refractivity contribution in [3.63, 3.8) is 0 Å². The van der Waals surface area contributed by atoms with Gasteiger partial charge in [-0.3, -0.25) is 9.59 Å². The lowest BCUT2D eigenvalue weighted by atomic mass is 9.85. The van der Waals surface area contributed by atoms with Crippen LogP contribution in [-0.2, 0) is 32.0 Å². The first kappa shape index (κ1) is 39.8. The van der Waals surface area contributed by atoms with Gasteiger partial charge in [0.15, 0.2) is 0 Å². The number of benzene rings is 2. The predicted molar refractivity (Wildman–Crippen MR) is 203 cm³/mol. The SMILES string of the molecule is CCC(C)C(CC(Cc1ccccc1)SSC(Cc1ccccc1)CC(C(=O)N1CCC[C@H]1C(=O)O)C(C)CC)C(=O)N1CCC[C@H]1C(=O)O. The smallest absolute Gasteiger partial charge is 0.326 e. The van der Waals surface area contributed by atoms with Crippen molar-refractivity contribution in [2.24, 2.45) is 23.7 Å². The zero-order valence-corrected chi connectivity index (χ0v) is 31.7. The molecule has 8 atom stereocenters. The lowest BCUT2D eigenvalue weighted by Gasteiger charge is -2.33. The molecule has 2 aliphatic rings. The summed E-state index contributed by atoms with van der Waals surface area (Å²) < 4.78 is 0. The van der Waals surface area contributed by atoms with Crippen molar-refractivity contribution in [1.29, 1.82) is 0 Å². The van der Waals surface area contributed by atoms with Gasteiger partial charge in [0.05, 0.1) is 0 Å². The molecule has 0 bridgehead atoms. The van der Waals surface area contributed by atoms with Crippen LogP contribution >= 0.6 is 21.6 Å². The summed E-state index contributed by atoms with van der Waals surface area (Å²) in [6.45, 7) is 9.36. The van der Waals surface area contributed by atoms with Crippen molar-refractivity contribution in [1.82, 2.24) is 9.80 Å². The molecule has 4 rings (SSSR count). The highest BCUT2D eigenvalue weighted by Gasteiger charge is 2.41. The molecule has 0 aromatic heterocycles. The molecule has 2 saturated heterocycles. The number of carboxylic acid groups (broad SMARTS) is 2. The first-order valence-corrected chi connectivity index (χ1v) is 20.8. The number of carbonyl (C=O) groups excluding carboxylic acids is 2. The lowest BCUT2D eigenvalue weighted by Crippen LogP contribution is -2.45. The van der Waals surface area contributed by atoms with Gasteiger partial charge < -0.3 is 20.0 Å². The summed E-state index contributed by atoms with van der Waals surface area (Å²) >= 11 is 0. The standard InChI is InChI=1S/C40H56N2O6S2/c1-5-27(3)33(37(43)41-21-13-19-35(41)39(45)46)25-31(23-29-15-9-7-10-16-29)49-50-32(24-30-17-11-8-12-18-30)26-34(28(4)6-2)38(44)42-22-14-20-36(42)40(47)48/h7-12,15-18,27-28,31-36H,5-6,13-14,19-26H2,1-4H3,(H,45,46)(H,47,48)/t27?,28?,31?,32?,33?,34?,35-,36-/m0/s1. The summed E-state index contributed by atoms with van der Waals surface area (Å²) in [5.74, 6) is -2.36. The maximum atomic E-state index is 14.1. The molecule has 0 spiro atoms. The van der Waals surface area contributed by atoms with Crippen molar-refractivity contribution >= 4 is 45.3 Å². The van der Waals surface area contributed by atoms with Crippen LogP contribution in [0.1, 0.15) is 90.2 Å². The average Bonchev–Trinajstić information content (AvgIpc) is 3.82. The summed E-state index contributed by atoms with van der Waals surface area (Å²) in [7, 11) is 3.58. The Bertz CT molecular complexity index is 1290. The number of aliphatic carboxylic acids is 2. The van der Waals surface area contributed by atoms with Gasteiger partial charge in [-0.2, -0.15) is 0 Å². The molecule has 50 heavy (non-hydrogen) atoms. The molecule has 8 nitrogen and oxygen atoms in total. The minimum Gasteiger partial charge on any atom is -0.480 e. The topological polar surface area (TPSA) is 115 Å². The van der Waals surface area contributed by atoms with Crippen molar-refractivity contribution in [2.45, 2.75) is 114 Å². The van der Waals surface area contributed by atoms with Gasteiger partial charge in [0.25, 0.3) is 0 Å². The molecule has 2 N–H and O–H groups in total. The summed E-state index contributed by atoms with van der Waals surface area (Å²) in [4.78, 5) is 55.6. The van der Waals surface area contributed by atoms with Crippen molar-refractivity contribution in [3.8, 4) is 0 Å². The van der Waals surface area contributed by atoms with Crippen LogP contribution in [0.3, 0.4) is 0 Å². The molecule has 10 heteroatoms. The fraction of sp³-hybridized carbons (Fsp3) is 0.600. The third-order valence-corrected chi connectivity index (χ3v) is 14.3. The first-order chi connectivity index (χ1) is 24.0. The first-order valence-electron chi connectivity index (χ1n) is 18.5. The van der Waals surface area contributed by atoms with E-state index in [4.69, 9.17) is 0 Å². The van der Waals surface area contributed by atoms with Gasteiger partial charge in [0.1, 0.15) is 12.1 Å². The Hall–Kier alpha value is -2.98. The van der Waals surface area contributed by atoms with Crippen LogP contribution in [0.25, 0.3) is 0 Å². The van der Waals surface area contributed by atoms with Gasteiger partial charge in [-0.05, 0) is 74.3 Å². The van der Waals surface area contributed by atoms with E-state index in [1.54, 1.807) is 31.4 Å². The summed E-state index contributed by atoms with van der Waals surface area (Å²) in [5, 5.41) is 19.9. The highest BCUT2D eigenvalue weighted by Crippen LogP contribution is 2.42. The molecule has 0 radical (unpaired) electrons. The summed E-state index contributed by atoms with van der Waals surface area (Å²) in [5.41, 5.74) is 2.37. The predicted octanol–water partition coefficient (Wildman–Crippen LogP) is 7.85. The Morgan fingerprint density at radius 1 is 0.660 bits per heavy atom. The van der Waals surface area contributed by atoms with Gasteiger partial charge in [-0.1, -0.05) is 123 Å². The molecule has 2 amide bonds. The Morgan fingerprint density at radius 3 is 1.34 bits per heavy atom. The number of carboxylic acids is 2. The lowest BCUT2D eigenvalue weighted by molar-refractivity contribution is -0.150. The van der Waals surface area contributed by atoms with Crippen LogP contribution in [0.4, 0.5) is 0 Å². The van der Waals surface area contributed by atoms with Crippen molar-refractivity contribution < 1.29 is 29.4 Å². The molecule has 2 aromatic carbocycles. The molecule has 0 aliphatic carbocycles.